The van der Waals surface area contributed by atoms with Crippen LogP contribution in [0.15, 0.2) is 77.3 Å². The molecule has 2 amide bonds. The average Bonchev–Trinajstić information content (AvgIpc) is 2.92. The summed E-state index contributed by atoms with van der Waals surface area (Å²) >= 11 is 3.45. The SMILES string of the molecule is CCCCNC(=O)[C@@H](Cc1ccccc1)N(Cc1ccc(Br)cc1)C(=O)CN(c1cccc(C)c1C)S(C)(=O)=O. The quantitative estimate of drug-likeness (QED) is 0.258. The highest BCUT2D eigenvalue weighted by molar-refractivity contribution is 9.10. The van der Waals surface area contributed by atoms with Gasteiger partial charge in [0.2, 0.25) is 21.8 Å². The van der Waals surface area contributed by atoms with Gasteiger partial charge in [-0.05, 0) is 60.7 Å². The fourth-order valence-electron chi connectivity index (χ4n) is 4.45. The van der Waals surface area contributed by atoms with Crippen LogP contribution >= 0.6 is 15.9 Å². The fraction of sp³-hybridized carbons (Fsp3) is 0.355. The molecule has 0 spiro atoms. The topological polar surface area (TPSA) is 86.8 Å². The maximum atomic E-state index is 14.1. The predicted molar refractivity (Wildman–Crippen MR) is 165 cm³/mol. The number of carbonyl (C=O) groups is 2. The first-order valence-electron chi connectivity index (χ1n) is 13.4. The van der Waals surface area contributed by atoms with Gasteiger partial charge in [-0.25, -0.2) is 8.42 Å². The Labute approximate surface area is 246 Å². The lowest BCUT2D eigenvalue weighted by Gasteiger charge is -2.34. The van der Waals surface area contributed by atoms with Crippen molar-refractivity contribution in [2.24, 2.45) is 0 Å². The maximum Gasteiger partial charge on any atom is 0.244 e. The molecule has 0 heterocycles. The van der Waals surface area contributed by atoms with Gasteiger partial charge < -0.3 is 10.2 Å². The molecule has 0 saturated carbocycles. The zero-order chi connectivity index (χ0) is 29.3. The van der Waals surface area contributed by atoms with E-state index in [-0.39, 0.29) is 12.5 Å². The molecule has 0 unspecified atom stereocenters. The van der Waals surface area contributed by atoms with Crippen molar-refractivity contribution in [3.05, 3.63) is 99.5 Å². The van der Waals surface area contributed by atoms with Crippen LogP contribution in [0.4, 0.5) is 5.69 Å². The Balaban J connectivity index is 2.05. The highest BCUT2D eigenvalue weighted by atomic mass is 79.9. The minimum atomic E-state index is -3.81. The van der Waals surface area contributed by atoms with E-state index in [1.54, 1.807) is 12.1 Å². The number of hydrogen-bond donors (Lipinski definition) is 1. The molecule has 0 aliphatic rings. The number of nitrogens with one attached hydrogen (secondary N) is 1. The molecule has 3 rings (SSSR count). The molecule has 1 N–H and O–H groups in total. The zero-order valence-electron chi connectivity index (χ0n) is 23.6. The molecule has 0 bridgehead atoms. The second-order valence-electron chi connectivity index (χ2n) is 9.99. The molecule has 0 aliphatic heterocycles. The van der Waals surface area contributed by atoms with E-state index < -0.39 is 28.5 Å². The Bertz CT molecular complexity index is 1400. The number of rotatable bonds is 13. The monoisotopic (exact) mass is 627 g/mol. The van der Waals surface area contributed by atoms with Gasteiger partial charge in [-0.2, -0.15) is 0 Å². The van der Waals surface area contributed by atoms with Crippen molar-refractivity contribution in [1.29, 1.82) is 0 Å². The number of amides is 2. The van der Waals surface area contributed by atoms with Gasteiger partial charge in [0.1, 0.15) is 12.6 Å². The van der Waals surface area contributed by atoms with Crippen LogP contribution < -0.4 is 9.62 Å². The lowest BCUT2D eigenvalue weighted by atomic mass is 10.0. The van der Waals surface area contributed by atoms with Crippen LogP contribution in [0, 0.1) is 13.8 Å². The smallest absolute Gasteiger partial charge is 0.244 e. The number of anilines is 1. The van der Waals surface area contributed by atoms with E-state index in [4.69, 9.17) is 0 Å². The normalized spacial score (nSPS) is 12.0. The van der Waals surface area contributed by atoms with Crippen LogP contribution in [-0.2, 0) is 32.6 Å². The first-order valence-corrected chi connectivity index (χ1v) is 16.0. The number of aryl methyl sites for hydroxylation is 1. The number of nitrogens with zero attached hydrogens (tertiary/aromatic N) is 2. The Morgan fingerprint density at radius 1 is 0.925 bits per heavy atom. The van der Waals surface area contributed by atoms with Crippen molar-refractivity contribution >= 4 is 43.5 Å². The first-order chi connectivity index (χ1) is 19.0. The van der Waals surface area contributed by atoms with E-state index in [2.05, 4.69) is 21.2 Å². The summed E-state index contributed by atoms with van der Waals surface area (Å²) in [5.74, 6) is -0.721. The second-order valence-corrected chi connectivity index (χ2v) is 12.8. The molecule has 0 fully saturated rings. The number of hydrogen-bond acceptors (Lipinski definition) is 4. The Hall–Kier alpha value is -3.17. The molecule has 9 heteroatoms. The average molecular weight is 629 g/mol. The molecular formula is C31H38BrN3O4S. The van der Waals surface area contributed by atoms with Gasteiger partial charge in [0.05, 0.1) is 11.9 Å². The minimum absolute atomic E-state index is 0.148. The molecule has 3 aromatic rings. The number of halogens is 1. The maximum absolute atomic E-state index is 14.1. The molecule has 0 aromatic heterocycles. The third-order valence-electron chi connectivity index (χ3n) is 6.89. The van der Waals surface area contributed by atoms with Gasteiger partial charge in [0.15, 0.2) is 0 Å². The molecule has 214 valence electrons. The number of carbonyl (C=O) groups excluding carboxylic acids is 2. The predicted octanol–water partition coefficient (Wildman–Crippen LogP) is 5.39. The minimum Gasteiger partial charge on any atom is -0.354 e. The van der Waals surface area contributed by atoms with Gasteiger partial charge in [-0.15, -0.1) is 0 Å². The Morgan fingerprint density at radius 2 is 1.60 bits per heavy atom. The van der Waals surface area contributed by atoms with Crippen LogP contribution in [0.25, 0.3) is 0 Å². The Morgan fingerprint density at radius 3 is 2.23 bits per heavy atom. The second kappa shape index (κ2) is 14.5. The molecule has 3 aromatic carbocycles. The van der Waals surface area contributed by atoms with E-state index in [1.807, 2.05) is 81.4 Å². The van der Waals surface area contributed by atoms with Crippen molar-refractivity contribution in [3.8, 4) is 0 Å². The molecule has 0 radical (unpaired) electrons. The summed E-state index contributed by atoms with van der Waals surface area (Å²) in [5.41, 5.74) is 3.88. The molecule has 7 nitrogen and oxygen atoms in total. The van der Waals surface area contributed by atoms with Crippen molar-refractivity contribution in [3.63, 3.8) is 0 Å². The number of sulfonamides is 1. The summed E-state index contributed by atoms with van der Waals surface area (Å²) in [4.78, 5) is 29.3. The fourth-order valence-corrected chi connectivity index (χ4v) is 5.61. The summed E-state index contributed by atoms with van der Waals surface area (Å²) in [6, 6.07) is 21.6. The summed E-state index contributed by atoms with van der Waals surface area (Å²) in [7, 11) is -3.81. The van der Waals surface area contributed by atoms with E-state index in [9.17, 15) is 18.0 Å². The zero-order valence-corrected chi connectivity index (χ0v) is 26.0. The van der Waals surface area contributed by atoms with Crippen LogP contribution in [0.2, 0.25) is 0 Å². The molecule has 0 aliphatic carbocycles. The summed E-state index contributed by atoms with van der Waals surface area (Å²) in [6.45, 7) is 6.01. The molecule has 0 saturated heterocycles. The van der Waals surface area contributed by atoms with Gasteiger partial charge in [-0.1, -0.05) is 83.9 Å². The van der Waals surface area contributed by atoms with Gasteiger partial charge >= 0.3 is 0 Å². The van der Waals surface area contributed by atoms with Crippen LogP contribution in [0.3, 0.4) is 0 Å². The molecular weight excluding hydrogens is 590 g/mol. The molecule has 40 heavy (non-hydrogen) atoms. The Kier molecular flexibility index (Phi) is 11.3. The van der Waals surface area contributed by atoms with Crippen LogP contribution in [-0.4, -0.2) is 50.5 Å². The summed E-state index contributed by atoms with van der Waals surface area (Å²) in [6.07, 6.45) is 3.13. The van der Waals surface area contributed by atoms with Crippen LogP contribution in [0.1, 0.15) is 42.0 Å². The van der Waals surface area contributed by atoms with Crippen molar-refractivity contribution < 1.29 is 18.0 Å². The highest BCUT2D eigenvalue weighted by Gasteiger charge is 2.33. The van der Waals surface area contributed by atoms with Crippen molar-refractivity contribution in [2.45, 2.75) is 52.6 Å². The molecule has 1 atom stereocenters. The standard InChI is InChI=1S/C31H38BrN3O4S/c1-5-6-19-33-31(37)29(20-25-12-8-7-9-13-25)34(21-26-15-17-27(32)18-16-26)30(36)22-35(40(4,38)39)28-14-10-11-23(2)24(28)3/h7-18,29H,5-6,19-22H2,1-4H3,(H,33,37)/t29-/m1/s1. The summed E-state index contributed by atoms with van der Waals surface area (Å²) in [5, 5.41) is 2.99. The van der Waals surface area contributed by atoms with Crippen LogP contribution in [0.5, 0.6) is 0 Å². The van der Waals surface area contributed by atoms with E-state index in [0.29, 0.717) is 18.7 Å². The number of benzene rings is 3. The van der Waals surface area contributed by atoms with Crippen molar-refractivity contribution in [1.82, 2.24) is 10.2 Å². The van der Waals surface area contributed by atoms with E-state index in [0.717, 1.165) is 50.1 Å². The van der Waals surface area contributed by atoms with Crippen molar-refractivity contribution in [2.75, 3.05) is 23.7 Å². The first kappa shape index (κ1) is 31.4. The number of unbranched alkanes of at least 4 members (excludes halogenated alkanes) is 1. The largest absolute Gasteiger partial charge is 0.354 e. The highest BCUT2D eigenvalue weighted by Crippen LogP contribution is 2.26. The lowest BCUT2D eigenvalue weighted by Crippen LogP contribution is -2.53. The van der Waals surface area contributed by atoms with E-state index >= 15 is 0 Å². The van der Waals surface area contributed by atoms with Gasteiger partial charge in [0.25, 0.3) is 0 Å². The van der Waals surface area contributed by atoms with Gasteiger partial charge in [0, 0.05) is 24.0 Å². The van der Waals surface area contributed by atoms with Gasteiger partial charge in [-0.3, -0.25) is 13.9 Å². The summed E-state index contributed by atoms with van der Waals surface area (Å²) < 4.78 is 28.0. The third-order valence-corrected chi connectivity index (χ3v) is 8.55. The third kappa shape index (κ3) is 8.66. The lowest BCUT2D eigenvalue weighted by molar-refractivity contribution is -0.140. The van der Waals surface area contributed by atoms with E-state index in [1.165, 1.54) is 4.90 Å².